The molecular formula is C20H20N3O4S+. The van der Waals surface area contributed by atoms with E-state index in [1.165, 1.54) is 9.60 Å². The SMILES string of the molecule is O=[N+]([O-])c1cc2c(c(C[NH+]3CCC[C@H]3c3nc4ccccc4s3)c1)OCOC2. The van der Waals surface area contributed by atoms with Crippen LogP contribution in [0.4, 0.5) is 5.69 Å². The number of nitrogens with zero attached hydrogens (tertiary/aromatic N) is 2. The summed E-state index contributed by atoms with van der Waals surface area (Å²) in [5.74, 6) is 0.749. The second kappa shape index (κ2) is 7.12. The van der Waals surface area contributed by atoms with E-state index in [-0.39, 0.29) is 17.4 Å². The van der Waals surface area contributed by atoms with Crippen LogP contribution in [0, 0.1) is 10.1 Å². The standard InChI is InChI=1S/C20H19N3O4S/c24-23(25)15-8-13(19-14(9-15)11-26-12-27-19)10-22-7-3-5-17(22)20-21-16-4-1-2-6-18(16)28-20/h1-2,4,6,8-9,17H,3,5,7,10-12H2/p+1/t17-/m0/s1. The molecule has 0 saturated carbocycles. The average Bonchev–Trinajstić information content (AvgIpc) is 3.34. The third-order valence-electron chi connectivity index (χ3n) is 5.49. The Morgan fingerprint density at radius 2 is 2.21 bits per heavy atom. The Kier molecular flexibility index (Phi) is 4.46. The fourth-order valence-corrected chi connectivity index (χ4v) is 5.38. The van der Waals surface area contributed by atoms with Crippen LogP contribution in [0.2, 0.25) is 0 Å². The molecule has 28 heavy (non-hydrogen) atoms. The highest BCUT2D eigenvalue weighted by Gasteiger charge is 2.34. The molecule has 8 heteroatoms. The third kappa shape index (κ3) is 3.13. The lowest BCUT2D eigenvalue weighted by Crippen LogP contribution is -3.08. The van der Waals surface area contributed by atoms with Crippen LogP contribution in [0.3, 0.4) is 0 Å². The Morgan fingerprint density at radius 3 is 3.07 bits per heavy atom. The Bertz CT molecular complexity index is 1020. The van der Waals surface area contributed by atoms with Crippen molar-refractivity contribution in [3.63, 3.8) is 0 Å². The van der Waals surface area contributed by atoms with Crippen molar-refractivity contribution in [1.29, 1.82) is 0 Å². The van der Waals surface area contributed by atoms with Gasteiger partial charge in [-0.05, 0) is 12.1 Å². The van der Waals surface area contributed by atoms with Crippen molar-refractivity contribution >= 4 is 27.2 Å². The normalized spacial score (nSPS) is 21.4. The summed E-state index contributed by atoms with van der Waals surface area (Å²) in [7, 11) is 0. The molecule has 2 aromatic carbocycles. The number of benzene rings is 2. The molecule has 3 heterocycles. The molecule has 0 amide bonds. The summed E-state index contributed by atoms with van der Waals surface area (Å²) in [6, 6.07) is 11.7. The number of likely N-dealkylation sites (tertiary alicyclic amines) is 1. The van der Waals surface area contributed by atoms with Gasteiger partial charge in [0.25, 0.3) is 5.69 Å². The number of nitro benzene ring substituents is 1. The first-order chi connectivity index (χ1) is 13.7. The molecule has 0 spiro atoms. The highest BCUT2D eigenvalue weighted by Crippen LogP contribution is 2.33. The van der Waals surface area contributed by atoms with Gasteiger partial charge in [-0.25, -0.2) is 4.98 Å². The maximum atomic E-state index is 11.4. The average molecular weight is 398 g/mol. The van der Waals surface area contributed by atoms with Crippen LogP contribution in [0.1, 0.15) is 35.0 Å². The molecule has 144 valence electrons. The highest BCUT2D eigenvalue weighted by atomic mass is 32.1. The van der Waals surface area contributed by atoms with Crippen LogP contribution in [-0.4, -0.2) is 23.2 Å². The molecule has 1 aromatic heterocycles. The van der Waals surface area contributed by atoms with Gasteiger partial charge in [-0.1, -0.05) is 12.1 Å². The number of hydrogen-bond donors (Lipinski definition) is 1. The van der Waals surface area contributed by atoms with Gasteiger partial charge in [-0.2, -0.15) is 0 Å². The topological polar surface area (TPSA) is 78.9 Å². The molecule has 0 radical (unpaired) electrons. The van der Waals surface area contributed by atoms with E-state index >= 15 is 0 Å². The molecule has 7 nitrogen and oxygen atoms in total. The van der Waals surface area contributed by atoms with Crippen LogP contribution in [0.25, 0.3) is 10.2 Å². The van der Waals surface area contributed by atoms with E-state index in [4.69, 9.17) is 14.5 Å². The predicted molar refractivity (Wildman–Crippen MR) is 105 cm³/mol. The number of thiazole rings is 1. The molecule has 1 fully saturated rings. The molecule has 2 aliphatic rings. The van der Waals surface area contributed by atoms with Gasteiger partial charge in [0.15, 0.2) is 11.8 Å². The van der Waals surface area contributed by atoms with Crippen LogP contribution < -0.4 is 9.64 Å². The zero-order valence-corrected chi connectivity index (χ0v) is 16.0. The number of aromatic nitrogens is 1. The maximum Gasteiger partial charge on any atom is 0.270 e. The summed E-state index contributed by atoms with van der Waals surface area (Å²) < 4.78 is 12.2. The molecule has 1 N–H and O–H groups in total. The molecule has 3 aromatic rings. The Labute approximate surface area is 165 Å². The second-order valence-electron chi connectivity index (χ2n) is 7.26. The molecular weight excluding hydrogens is 378 g/mol. The first kappa shape index (κ1) is 17.5. The fraction of sp³-hybridized carbons (Fsp3) is 0.350. The molecule has 5 rings (SSSR count). The Balaban J connectivity index is 1.48. The number of nitro groups is 1. The van der Waals surface area contributed by atoms with Crippen LogP contribution >= 0.6 is 11.3 Å². The van der Waals surface area contributed by atoms with E-state index in [1.54, 1.807) is 23.5 Å². The van der Waals surface area contributed by atoms with Crippen molar-refractivity contribution in [2.24, 2.45) is 0 Å². The number of hydrogen-bond acceptors (Lipinski definition) is 6. The van der Waals surface area contributed by atoms with Gasteiger partial charge in [-0.3, -0.25) is 10.1 Å². The lowest BCUT2D eigenvalue weighted by molar-refractivity contribution is -0.932. The quantitative estimate of drug-likeness (QED) is 0.540. The summed E-state index contributed by atoms with van der Waals surface area (Å²) in [5.41, 5.74) is 2.78. The first-order valence-electron chi connectivity index (χ1n) is 9.40. The van der Waals surface area contributed by atoms with Gasteiger partial charge in [-0.15, -0.1) is 11.3 Å². The van der Waals surface area contributed by atoms with E-state index in [2.05, 4.69) is 12.1 Å². The van der Waals surface area contributed by atoms with Gasteiger partial charge >= 0.3 is 0 Å². The van der Waals surface area contributed by atoms with Crippen LogP contribution in [0.5, 0.6) is 5.75 Å². The number of rotatable bonds is 4. The molecule has 1 unspecified atom stereocenters. The van der Waals surface area contributed by atoms with E-state index in [0.717, 1.165) is 46.8 Å². The zero-order chi connectivity index (χ0) is 19.1. The minimum atomic E-state index is -0.345. The summed E-state index contributed by atoms with van der Waals surface area (Å²) in [5, 5.41) is 12.5. The van der Waals surface area contributed by atoms with Gasteiger partial charge in [0.05, 0.1) is 33.9 Å². The lowest BCUT2D eigenvalue weighted by Gasteiger charge is -2.24. The second-order valence-corrected chi connectivity index (χ2v) is 8.32. The van der Waals surface area contributed by atoms with Crippen molar-refractivity contribution in [2.75, 3.05) is 13.3 Å². The van der Waals surface area contributed by atoms with Crippen molar-refractivity contribution in [3.8, 4) is 5.75 Å². The van der Waals surface area contributed by atoms with Gasteiger partial charge in [0.1, 0.15) is 18.3 Å². The molecule has 1 saturated heterocycles. The summed E-state index contributed by atoms with van der Waals surface area (Å²) in [6.45, 7) is 2.24. The fourth-order valence-electron chi connectivity index (χ4n) is 4.22. The Hall–Kier alpha value is -2.55. The summed E-state index contributed by atoms with van der Waals surface area (Å²) in [4.78, 5) is 17.3. The number of quaternary nitrogens is 1. The van der Waals surface area contributed by atoms with E-state index < -0.39 is 0 Å². The number of ether oxygens (including phenoxy) is 2. The van der Waals surface area contributed by atoms with Crippen molar-refractivity contribution in [3.05, 3.63) is 62.6 Å². The number of para-hydroxylation sites is 1. The molecule has 2 atom stereocenters. The number of non-ortho nitro benzene ring substituents is 1. The zero-order valence-electron chi connectivity index (χ0n) is 15.2. The van der Waals surface area contributed by atoms with Crippen molar-refractivity contribution in [2.45, 2.75) is 32.0 Å². The van der Waals surface area contributed by atoms with E-state index in [9.17, 15) is 10.1 Å². The van der Waals surface area contributed by atoms with Crippen molar-refractivity contribution in [1.82, 2.24) is 4.98 Å². The predicted octanol–water partition coefficient (Wildman–Crippen LogP) is 2.99. The Morgan fingerprint density at radius 1 is 1.32 bits per heavy atom. The highest BCUT2D eigenvalue weighted by molar-refractivity contribution is 7.18. The lowest BCUT2D eigenvalue weighted by atomic mass is 10.1. The van der Waals surface area contributed by atoms with Crippen LogP contribution in [-0.2, 0) is 17.9 Å². The van der Waals surface area contributed by atoms with Gasteiger partial charge in [0, 0.05) is 30.5 Å². The largest absolute Gasteiger partial charge is 0.467 e. The molecule has 0 aliphatic carbocycles. The minimum Gasteiger partial charge on any atom is -0.467 e. The third-order valence-corrected chi connectivity index (χ3v) is 6.64. The van der Waals surface area contributed by atoms with Gasteiger partial charge < -0.3 is 14.4 Å². The maximum absolute atomic E-state index is 11.4. The molecule has 0 bridgehead atoms. The van der Waals surface area contributed by atoms with Crippen LogP contribution in [0.15, 0.2) is 36.4 Å². The summed E-state index contributed by atoms with van der Waals surface area (Å²) in [6.07, 6.45) is 2.20. The monoisotopic (exact) mass is 398 g/mol. The number of fused-ring (bicyclic) bond motifs is 2. The van der Waals surface area contributed by atoms with Gasteiger partial charge in [0.2, 0.25) is 0 Å². The van der Waals surface area contributed by atoms with E-state index in [0.29, 0.717) is 19.2 Å². The van der Waals surface area contributed by atoms with Crippen molar-refractivity contribution < 1.29 is 19.3 Å². The number of nitrogens with one attached hydrogen (secondary N) is 1. The summed E-state index contributed by atoms with van der Waals surface area (Å²) >= 11 is 1.75. The molecule has 2 aliphatic heterocycles. The van der Waals surface area contributed by atoms with E-state index in [1.807, 2.05) is 12.1 Å². The smallest absolute Gasteiger partial charge is 0.270 e. The first-order valence-corrected chi connectivity index (χ1v) is 10.2. The minimum absolute atomic E-state index is 0.0954.